The van der Waals surface area contributed by atoms with Crippen LogP contribution in [0.3, 0.4) is 0 Å². The molecule has 1 aromatic heterocycles. The van der Waals surface area contributed by atoms with E-state index < -0.39 is 10.0 Å². The summed E-state index contributed by atoms with van der Waals surface area (Å²) in [5, 5.41) is 10.3. The fraction of sp³-hybridized carbons (Fsp3) is 0.750. The standard InChI is InChI=1S/C12H25N7O2S/c1-4-13-12(15-9-11-16-10-17-19(11)3)14-7-6-8-18-22(20,21)5-2/h10,18H,4-9H2,1-3H3,(H2,13,14,15). The van der Waals surface area contributed by atoms with Crippen LogP contribution < -0.4 is 15.4 Å². The Kier molecular flexibility index (Phi) is 7.82. The topological polar surface area (TPSA) is 113 Å². The number of nitrogens with one attached hydrogen (secondary N) is 3. The number of hydrogen-bond acceptors (Lipinski definition) is 5. The molecule has 0 saturated heterocycles. The first-order chi connectivity index (χ1) is 10.5. The zero-order chi connectivity index (χ0) is 16.4. The summed E-state index contributed by atoms with van der Waals surface area (Å²) in [6.07, 6.45) is 2.17. The minimum Gasteiger partial charge on any atom is -0.357 e. The van der Waals surface area contributed by atoms with Crippen LogP contribution in [-0.4, -0.2) is 54.5 Å². The number of aromatic nitrogens is 3. The SMILES string of the molecule is CCNC(=NCc1ncnn1C)NCCCNS(=O)(=O)CC. The van der Waals surface area contributed by atoms with E-state index in [0.29, 0.717) is 32.0 Å². The maximum Gasteiger partial charge on any atom is 0.211 e. The molecule has 0 bridgehead atoms. The largest absolute Gasteiger partial charge is 0.357 e. The molecule has 0 amide bonds. The molecule has 0 aliphatic rings. The van der Waals surface area contributed by atoms with Crippen molar-refractivity contribution < 1.29 is 8.42 Å². The van der Waals surface area contributed by atoms with Gasteiger partial charge >= 0.3 is 0 Å². The van der Waals surface area contributed by atoms with Gasteiger partial charge in [0.05, 0.1) is 5.75 Å². The average molecular weight is 331 g/mol. The van der Waals surface area contributed by atoms with Crippen molar-refractivity contribution in [2.24, 2.45) is 12.0 Å². The molecule has 0 unspecified atom stereocenters. The molecule has 0 aromatic carbocycles. The minimum atomic E-state index is -3.12. The van der Waals surface area contributed by atoms with Crippen molar-refractivity contribution in [2.75, 3.05) is 25.4 Å². The smallest absolute Gasteiger partial charge is 0.211 e. The summed E-state index contributed by atoms with van der Waals surface area (Å²) >= 11 is 0. The van der Waals surface area contributed by atoms with Crippen LogP contribution in [-0.2, 0) is 23.6 Å². The first-order valence-corrected chi connectivity index (χ1v) is 8.96. The summed E-state index contributed by atoms with van der Waals surface area (Å²) in [7, 11) is -1.30. The summed E-state index contributed by atoms with van der Waals surface area (Å²) < 4.78 is 26.8. The number of rotatable bonds is 9. The van der Waals surface area contributed by atoms with Gasteiger partial charge in [0.2, 0.25) is 10.0 Å². The molecule has 1 heterocycles. The molecule has 3 N–H and O–H groups in total. The van der Waals surface area contributed by atoms with Gasteiger partial charge in [-0.2, -0.15) is 5.10 Å². The molecule has 1 aromatic rings. The Hall–Kier alpha value is -1.68. The number of sulfonamides is 1. The van der Waals surface area contributed by atoms with Gasteiger partial charge < -0.3 is 10.6 Å². The molecule has 0 aliphatic heterocycles. The molecule has 0 atom stereocenters. The molecule has 0 radical (unpaired) electrons. The molecule has 0 saturated carbocycles. The van der Waals surface area contributed by atoms with Crippen LogP contribution in [0.4, 0.5) is 0 Å². The highest BCUT2D eigenvalue weighted by molar-refractivity contribution is 7.89. The maximum atomic E-state index is 11.3. The minimum absolute atomic E-state index is 0.0994. The van der Waals surface area contributed by atoms with E-state index >= 15 is 0 Å². The summed E-state index contributed by atoms with van der Waals surface area (Å²) in [5.41, 5.74) is 0. The Bertz CT molecular complexity index is 568. The van der Waals surface area contributed by atoms with Crippen molar-refractivity contribution in [2.45, 2.75) is 26.8 Å². The van der Waals surface area contributed by atoms with E-state index in [2.05, 4.69) is 30.4 Å². The Morgan fingerprint density at radius 3 is 2.68 bits per heavy atom. The third-order valence-corrected chi connectivity index (χ3v) is 4.28. The van der Waals surface area contributed by atoms with Gasteiger partial charge in [0.1, 0.15) is 18.7 Å². The van der Waals surface area contributed by atoms with E-state index in [4.69, 9.17) is 0 Å². The quantitative estimate of drug-likeness (QED) is 0.310. The molecular formula is C12H25N7O2S. The van der Waals surface area contributed by atoms with Gasteiger partial charge in [0.15, 0.2) is 5.96 Å². The average Bonchev–Trinajstić information content (AvgIpc) is 2.89. The highest BCUT2D eigenvalue weighted by Crippen LogP contribution is 1.93. The lowest BCUT2D eigenvalue weighted by atomic mass is 10.4. The van der Waals surface area contributed by atoms with Gasteiger partial charge in [-0.15, -0.1) is 0 Å². The summed E-state index contributed by atoms with van der Waals surface area (Å²) in [5.74, 6) is 1.54. The summed E-state index contributed by atoms with van der Waals surface area (Å²) in [4.78, 5) is 8.52. The molecule has 0 aliphatic carbocycles. The van der Waals surface area contributed by atoms with Crippen LogP contribution in [0, 0.1) is 0 Å². The second kappa shape index (κ2) is 9.36. The van der Waals surface area contributed by atoms with Crippen molar-refractivity contribution in [1.82, 2.24) is 30.1 Å². The number of aliphatic imine (C=N–C) groups is 1. The van der Waals surface area contributed by atoms with Gasteiger partial charge in [-0.05, 0) is 20.3 Å². The molecule has 126 valence electrons. The van der Waals surface area contributed by atoms with Crippen molar-refractivity contribution in [3.8, 4) is 0 Å². The van der Waals surface area contributed by atoms with E-state index in [1.165, 1.54) is 6.33 Å². The van der Waals surface area contributed by atoms with Crippen molar-refractivity contribution in [3.05, 3.63) is 12.2 Å². The van der Waals surface area contributed by atoms with Crippen molar-refractivity contribution in [3.63, 3.8) is 0 Å². The monoisotopic (exact) mass is 331 g/mol. The van der Waals surface area contributed by atoms with E-state index in [1.54, 1.807) is 11.6 Å². The van der Waals surface area contributed by atoms with E-state index in [1.807, 2.05) is 14.0 Å². The van der Waals surface area contributed by atoms with Crippen molar-refractivity contribution >= 4 is 16.0 Å². The predicted octanol–water partition coefficient (Wildman–Crippen LogP) is -0.800. The zero-order valence-electron chi connectivity index (χ0n) is 13.3. The van der Waals surface area contributed by atoms with Crippen LogP contribution >= 0.6 is 0 Å². The first-order valence-electron chi connectivity index (χ1n) is 7.31. The van der Waals surface area contributed by atoms with E-state index in [9.17, 15) is 8.42 Å². The van der Waals surface area contributed by atoms with E-state index in [-0.39, 0.29) is 5.75 Å². The predicted molar refractivity (Wildman–Crippen MR) is 85.9 cm³/mol. The second-order valence-corrected chi connectivity index (χ2v) is 6.67. The number of hydrogen-bond donors (Lipinski definition) is 3. The Labute approximate surface area is 131 Å². The third-order valence-electron chi connectivity index (χ3n) is 2.88. The zero-order valence-corrected chi connectivity index (χ0v) is 14.2. The highest BCUT2D eigenvalue weighted by atomic mass is 32.2. The van der Waals surface area contributed by atoms with Gasteiger partial charge in [-0.1, -0.05) is 0 Å². The van der Waals surface area contributed by atoms with Crippen LogP contribution in [0.25, 0.3) is 0 Å². The van der Waals surface area contributed by atoms with Crippen LogP contribution in [0.1, 0.15) is 26.1 Å². The Morgan fingerprint density at radius 1 is 1.32 bits per heavy atom. The highest BCUT2D eigenvalue weighted by Gasteiger charge is 2.05. The molecular weight excluding hydrogens is 306 g/mol. The normalized spacial score (nSPS) is 12.4. The second-order valence-electron chi connectivity index (χ2n) is 4.57. The molecule has 22 heavy (non-hydrogen) atoms. The van der Waals surface area contributed by atoms with Gasteiger partial charge in [0.25, 0.3) is 0 Å². The van der Waals surface area contributed by atoms with Crippen LogP contribution in [0.2, 0.25) is 0 Å². The van der Waals surface area contributed by atoms with Gasteiger partial charge in [-0.3, -0.25) is 4.68 Å². The molecule has 9 nitrogen and oxygen atoms in total. The fourth-order valence-electron chi connectivity index (χ4n) is 1.58. The lowest BCUT2D eigenvalue weighted by Crippen LogP contribution is -2.39. The third kappa shape index (κ3) is 6.85. The number of guanidine groups is 1. The fourth-order valence-corrected chi connectivity index (χ4v) is 2.24. The Balaban J connectivity index is 2.36. The first kappa shape index (κ1) is 18.4. The van der Waals surface area contributed by atoms with E-state index in [0.717, 1.165) is 12.4 Å². The summed E-state index contributed by atoms with van der Waals surface area (Å²) in [6, 6.07) is 0. The molecule has 1 rings (SSSR count). The van der Waals surface area contributed by atoms with Gasteiger partial charge in [0, 0.05) is 26.7 Å². The number of aryl methyl sites for hydroxylation is 1. The maximum absolute atomic E-state index is 11.3. The lowest BCUT2D eigenvalue weighted by Gasteiger charge is -2.11. The van der Waals surface area contributed by atoms with Gasteiger partial charge in [-0.25, -0.2) is 23.1 Å². The summed E-state index contributed by atoms with van der Waals surface area (Å²) in [6.45, 7) is 5.79. The lowest BCUT2D eigenvalue weighted by molar-refractivity contribution is 0.579. The number of nitrogens with zero attached hydrogens (tertiary/aromatic N) is 4. The van der Waals surface area contributed by atoms with Crippen LogP contribution in [0.15, 0.2) is 11.3 Å². The Morgan fingerprint density at radius 2 is 2.09 bits per heavy atom. The molecule has 0 fully saturated rings. The van der Waals surface area contributed by atoms with Crippen molar-refractivity contribution in [1.29, 1.82) is 0 Å². The molecule has 0 spiro atoms. The molecule has 10 heteroatoms. The van der Waals surface area contributed by atoms with Crippen LogP contribution in [0.5, 0.6) is 0 Å².